The summed E-state index contributed by atoms with van der Waals surface area (Å²) in [6.07, 6.45) is 7.69. The zero-order valence-corrected chi connectivity index (χ0v) is 21.0. The van der Waals surface area contributed by atoms with Crippen LogP contribution in [0.2, 0.25) is 0 Å². The predicted octanol–water partition coefficient (Wildman–Crippen LogP) is 6.08. The number of rotatable bonds is 6. The molecule has 0 radical (unpaired) electrons. The summed E-state index contributed by atoms with van der Waals surface area (Å²) >= 11 is 0. The van der Waals surface area contributed by atoms with Gasteiger partial charge in [0.2, 0.25) is 0 Å². The third-order valence-electron chi connectivity index (χ3n) is 8.80. The molecule has 0 spiro atoms. The second kappa shape index (κ2) is 7.78. The van der Waals surface area contributed by atoms with Gasteiger partial charge in [0.25, 0.3) is 5.91 Å². The molecule has 1 aliphatic heterocycles. The van der Waals surface area contributed by atoms with Crippen LogP contribution in [0, 0.1) is 12.8 Å². The Morgan fingerprint density at radius 3 is 2.54 bits per heavy atom. The summed E-state index contributed by atoms with van der Waals surface area (Å²) in [6.45, 7) is 4.89. The van der Waals surface area contributed by atoms with E-state index in [9.17, 15) is 14.7 Å². The number of carboxylic acids is 1. The van der Waals surface area contributed by atoms with Gasteiger partial charge < -0.3 is 15.0 Å². The van der Waals surface area contributed by atoms with Crippen molar-refractivity contribution < 1.29 is 14.7 Å². The fraction of sp³-hybridized carbons (Fsp3) is 0.323. The van der Waals surface area contributed by atoms with Gasteiger partial charge in [-0.25, -0.2) is 4.98 Å². The van der Waals surface area contributed by atoms with Crippen LogP contribution in [0.3, 0.4) is 0 Å². The highest BCUT2D eigenvalue weighted by Crippen LogP contribution is 2.49. The van der Waals surface area contributed by atoms with Crippen molar-refractivity contribution in [2.45, 2.75) is 57.5 Å². The molecular weight excluding hydrogens is 462 g/mol. The van der Waals surface area contributed by atoms with Crippen molar-refractivity contribution in [3.05, 3.63) is 77.1 Å². The smallest absolute Gasteiger partial charge is 0.314 e. The van der Waals surface area contributed by atoms with Crippen LogP contribution in [0.25, 0.3) is 33.3 Å². The molecule has 4 aromatic rings. The maximum absolute atomic E-state index is 13.2. The fourth-order valence-corrected chi connectivity index (χ4v) is 6.14. The van der Waals surface area contributed by atoms with E-state index >= 15 is 0 Å². The number of aromatic nitrogens is 2. The minimum Gasteiger partial charge on any atom is -0.481 e. The van der Waals surface area contributed by atoms with E-state index in [1.54, 1.807) is 0 Å². The van der Waals surface area contributed by atoms with Gasteiger partial charge >= 0.3 is 5.97 Å². The van der Waals surface area contributed by atoms with Crippen molar-refractivity contribution in [3.63, 3.8) is 0 Å². The molecule has 0 saturated heterocycles. The van der Waals surface area contributed by atoms with Crippen LogP contribution in [0.1, 0.15) is 59.7 Å². The van der Waals surface area contributed by atoms with E-state index in [2.05, 4.69) is 30.1 Å². The molecule has 2 fully saturated rings. The molecule has 2 aromatic carbocycles. The largest absolute Gasteiger partial charge is 0.481 e. The molecule has 2 N–H and O–H groups in total. The van der Waals surface area contributed by atoms with Gasteiger partial charge in [0.1, 0.15) is 5.65 Å². The van der Waals surface area contributed by atoms with Gasteiger partial charge in [-0.2, -0.15) is 0 Å². The number of carbonyl (C=O) groups excluding carboxylic acids is 1. The van der Waals surface area contributed by atoms with Crippen molar-refractivity contribution in [2.24, 2.45) is 5.92 Å². The van der Waals surface area contributed by atoms with Crippen LogP contribution >= 0.6 is 0 Å². The average Bonchev–Trinajstić information content (AvgIpc) is 3.82. The van der Waals surface area contributed by atoms with E-state index in [-0.39, 0.29) is 5.91 Å². The lowest BCUT2D eigenvalue weighted by molar-refractivity contribution is -0.140. The molecule has 2 saturated carbocycles. The van der Waals surface area contributed by atoms with Crippen molar-refractivity contribution >= 4 is 22.9 Å². The molecule has 1 atom stereocenters. The number of nitrogens with zero attached hydrogens (tertiary/aromatic N) is 2. The van der Waals surface area contributed by atoms with Gasteiger partial charge in [-0.05, 0) is 85.4 Å². The number of fused-ring (bicyclic) bond motifs is 2. The normalized spacial score (nSPS) is 18.8. The first-order valence-corrected chi connectivity index (χ1v) is 13.1. The molecule has 0 unspecified atom stereocenters. The average molecular weight is 492 g/mol. The molecule has 7 rings (SSSR count). The molecule has 0 bridgehead atoms. The third kappa shape index (κ3) is 3.42. The summed E-state index contributed by atoms with van der Waals surface area (Å²) in [4.78, 5) is 34.9. The Labute approximate surface area is 215 Å². The Morgan fingerprint density at radius 1 is 1.11 bits per heavy atom. The SMILES string of the molecule is Cc1cc(-c2cnc3[nH]cc(-c4ccc(C5(C(=O)O)CC5)cc4)c3c2)cc2c1C(=O)N([C@@H](C)C1CC1)C2. The van der Waals surface area contributed by atoms with Crippen LogP contribution in [-0.4, -0.2) is 37.9 Å². The Morgan fingerprint density at radius 2 is 1.86 bits per heavy atom. The second-order valence-corrected chi connectivity index (χ2v) is 11.1. The van der Waals surface area contributed by atoms with Gasteiger partial charge in [-0.15, -0.1) is 0 Å². The number of benzene rings is 2. The number of H-pyrrole nitrogens is 1. The summed E-state index contributed by atoms with van der Waals surface area (Å²) in [7, 11) is 0. The maximum atomic E-state index is 13.2. The van der Waals surface area contributed by atoms with Crippen LogP contribution in [0.15, 0.2) is 54.9 Å². The number of nitrogens with one attached hydrogen (secondary N) is 1. The Bertz CT molecular complexity index is 1590. The summed E-state index contributed by atoms with van der Waals surface area (Å²) < 4.78 is 0. The first-order valence-electron chi connectivity index (χ1n) is 13.1. The first-order chi connectivity index (χ1) is 17.9. The van der Waals surface area contributed by atoms with E-state index < -0.39 is 11.4 Å². The minimum absolute atomic E-state index is 0.166. The summed E-state index contributed by atoms with van der Waals surface area (Å²) in [6, 6.07) is 14.6. The lowest BCUT2D eigenvalue weighted by Gasteiger charge is -2.24. The van der Waals surface area contributed by atoms with E-state index in [1.807, 2.05) is 48.5 Å². The molecule has 1 amide bonds. The Balaban J connectivity index is 1.23. The van der Waals surface area contributed by atoms with Gasteiger partial charge in [-0.1, -0.05) is 30.3 Å². The molecule has 3 heterocycles. The molecule has 2 aromatic heterocycles. The molecule has 6 heteroatoms. The zero-order valence-electron chi connectivity index (χ0n) is 21.0. The topological polar surface area (TPSA) is 86.3 Å². The van der Waals surface area contributed by atoms with Gasteiger partial charge in [0, 0.05) is 47.1 Å². The number of carbonyl (C=O) groups is 2. The maximum Gasteiger partial charge on any atom is 0.314 e. The molecule has 186 valence electrons. The van der Waals surface area contributed by atoms with E-state index in [0.29, 0.717) is 31.3 Å². The van der Waals surface area contributed by atoms with Gasteiger partial charge in [0.15, 0.2) is 0 Å². The Kier molecular flexibility index (Phi) is 4.69. The highest BCUT2D eigenvalue weighted by Gasteiger charge is 2.51. The predicted molar refractivity (Wildman–Crippen MR) is 142 cm³/mol. The highest BCUT2D eigenvalue weighted by molar-refractivity contribution is 6.01. The summed E-state index contributed by atoms with van der Waals surface area (Å²) in [5, 5.41) is 10.6. The van der Waals surface area contributed by atoms with Gasteiger partial charge in [-0.3, -0.25) is 9.59 Å². The van der Waals surface area contributed by atoms with Crippen molar-refractivity contribution in [1.82, 2.24) is 14.9 Å². The molecule has 3 aliphatic rings. The van der Waals surface area contributed by atoms with Crippen molar-refractivity contribution in [2.75, 3.05) is 0 Å². The number of hydrogen-bond donors (Lipinski definition) is 2. The van der Waals surface area contributed by atoms with Gasteiger partial charge in [0.05, 0.1) is 5.41 Å². The molecule has 2 aliphatic carbocycles. The molecular formula is C31H29N3O3. The van der Waals surface area contributed by atoms with Crippen LogP contribution in [-0.2, 0) is 16.8 Å². The van der Waals surface area contributed by atoms with E-state index in [0.717, 1.165) is 55.5 Å². The molecule has 6 nitrogen and oxygen atoms in total. The number of pyridine rings is 1. The summed E-state index contributed by atoms with van der Waals surface area (Å²) in [5.74, 6) is 0.0709. The number of aliphatic carboxylic acids is 1. The highest BCUT2D eigenvalue weighted by atomic mass is 16.4. The number of aromatic amines is 1. The van der Waals surface area contributed by atoms with E-state index in [4.69, 9.17) is 4.98 Å². The van der Waals surface area contributed by atoms with Crippen LogP contribution < -0.4 is 0 Å². The minimum atomic E-state index is -0.738. The first kappa shape index (κ1) is 22.3. The van der Waals surface area contributed by atoms with Crippen molar-refractivity contribution in [1.29, 1.82) is 0 Å². The van der Waals surface area contributed by atoms with E-state index in [1.165, 1.54) is 12.8 Å². The Hall–Kier alpha value is -3.93. The zero-order chi connectivity index (χ0) is 25.5. The fourth-order valence-electron chi connectivity index (χ4n) is 6.14. The number of hydrogen-bond acceptors (Lipinski definition) is 3. The summed E-state index contributed by atoms with van der Waals surface area (Å²) in [5.41, 5.74) is 8.10. The monoisotopic (exact) mass is 491 g/mol. The van der Waals surface area contributed by atoms with Crippen LogP contribution in [0.5, 0.6) is 0 Å². The quantitative estimate of drug-likeness (QED) is 0.342. The standard InChI is InChI=1S/C31H29N3O3/c1-17-11-21(12-23-16-34(29(35)27(17)23)18(2)19-3-4-19)22-13-25-26(15-33-28(25)32-14-22)20-5-7-24(8-6-20)31(9-10-31)30(36)37/h5-8,11-15,18-19H,3-4,9-10,16H2,1-2H3,(H,32,33)(H,36,37)/t18-/m0/s1. The third-order valence-corrected chi connectivity index (χ3v) is 8.80. The lowest BCUT2D eigenvalue weighted by Crippen LogP contribution is -2.34. The lowest BCUT2D eigenvalue weighted by atomic mass is 9.93. The second-order valence-electron chi connectivity index (χ2n) is 11.1. The van der Waals surface area contributed by atoms with Crippen molar-refractivity contribution in [3.8, 4) is 22.3 Å². The van der Waals surface area contributed by atoms with Crippen LogP contribution in [0.4, 0.5) is 0 Å². The number of carboxylic acid groups (broad SMARTS) is 1. The molecule has 37 heavy (non-hydrogen) atoms. The number of amides is 1. The number of aryl methyl sites for hydroxylation is 1.